The second-order valence-corrected chi connectivity index (χ2v) is 7.22. The molecule has 3 rings (SSSR count). The summed E-state index contributed by atoms with van der Waals surface area (Å²) in [5.41, 5.74) is 1.38. The fraction of sp³-hybridized carbons (Fsp3) is 0.526. The molecule has 7 heteroatoms. The van der Waals surface area contributed by atoms with Gasteiger partial charge in [0.25, 0.3) is 5.91 Å². The highest BCUT2D eigenvalue weighted by Gasteiger charge is 2.44. The van der Waals surface area contributed by atoms with E-state index in [2.05, 4.69) is 0 Å². The van der Waals surface area contributed by atoms with Gasteiger partial charge in [-0.2, -0.15) is 0 Å². The minimum atomic E-state index is -0.468. The van der Waals surface area contributed by atoms with Crippen LogP contribution in [0.3, 0.4) is 0 Å². The van der Waals surface area contributed by atoms with E-state index >= 15 is 0 Å². The van der Waals surface area contributed by atoms with Gasteiger partial charge in [-0.1, -0.05) is 17.7 Å². The maximum absolute atomic E-state index is 12.9. The van der Waals surface area contributed by atoms with E-state index in [0.29, 0.717) is 43.2 Å². The molecule has 0 bridgehead atoms. The number of esters is 1. The topological polar surface area (TPSA) is 66.9 Å². The van der Waals surface area contributed by atoms with Crippen molar-refractivity contribution in [2.45, 2.75) is 39.2 Å². The first kappa shape index (κ1) is 18.9. The highest BCUT2D eigenvalue weighted by atomic mass is 35.5. The number of carbonyl (C=O) groups excluding carboxylic acids is 3. The molecule has 140 valence electrons. The van der Waals surface area contributed by atoms with Crippen LogP contribution in [0, 0.1) is 12.8 Å². The second kappa shape index (κ2) is 7.76. The summed E-state index contributed by atoms with van der Waals surface area (Å²) >= 11 is 6.04. The Labute approximate surface area is 158 Å². The van der Waals surface area contributed by atoms with Crippen LogP contribution < -0.4 is 4.90 Å². The molecule has 0 N–H and O–H groups in total. The number of aryl methyl sites for hydroxylation is 1. The molecule has 1 aromatic carbocycles. The molecule has 0 radical (unpaired) electrons. The Morgan fingerprint density at radius 2 is 1.96 bits per heavy atom. The van der Waals surface area contributed by atoms with Crippen molar-refractivity contribution < 1.29 is 19.1 Å². The number of carbonyl (C=O) groups is 3. The highest BCUT2D eigenvalue weighted by molar-refractivity contribution is 6.31. The van der Waals surface area contributed by atoms with Crippen LogP contribution in [0.25, 0.3) is 0 Å². The number of piperidine rings is 1. The maximum Gasteiger partial charge on any atom is 0.309 e. The number of halogens is 1. The van der Waals surface area contributed by atoms with Gasteiger partial charge in [0.05, 0.1) is 30.7 Å². The maximum atomic E-state index is 12.9. The van der Waals surface area contributed by atoms with E-state index in [1.807, 2.05) is 11.8 Å². The number of anilines is 1. The number of rotatable bonds is 4. The van der Waals surface area contributed by atoms with Gasteiger partial charge in [-0.15, -0.1) is 0 Å². The van der Waals surface area contributed by atoms with E-state index in [-0.39, 0.29) is 30.1 Å². The van der Waals surface area contributed by atoms with Gasteiger partial charge in [0.15, 0.2) is 0 Å². The van der Waals surface area contributed by atoms with E-state index in [4.69, 9.17) is 16.3 Å². The van der Waals surface area contributed by atoms with Crippen LogP contribution in [0.5, 0.6) is 0 Å². The Morgan fingerprint density at radius 1 is 1.27 bits per heavy atom. The zero-order chi connectivity index (χ0) is 18.8. The predicted octanol–water partition coefficient (Wildman–Crippen LogP) is 2.56. The molecule has 0 spiro atoms. The molecular formula is C19H23ClN2O4. The lowest BCUT2D eigenvalue weighted by Gasteiger charge is -2.33. The van der Waals surface area contributed by atoms with Crippen LogP contribution >= 0.6 is 11.6 Å². The van der Waals surface area contributed by atoms with Gasteiger partial charge in [-0.05, 0) is 57.5 Å². The molecule has 1 atom stereocenters. The quantitative estimate of drug-likeness (QED) is 0.595. The van der Waals surface area contributed by atoms with Gasteiger partial charge in [0.1, 0.15) is 0 Å². The summed E-state index contributed by atoms with van der Waals surface area (Å²) in [6, 6.07) is 4.73. The molecule has 6 nitrogen and oxygen atoms in total. The van der Waals surface area contributed by atoms with Crippen molar-refractivity contribution >= 4 is 35.1 Å². The Hall–Kier alpha value is -1.92. The summed E-state index contributed by atoms with van der Waals surface area (Å²) in [4.78, 5) is 40.6. The third-order valence-electron chi connectivity index (χ3n) is 5.13. The molecule has 1 unspecified atom stereocenters. The molecule has 0 aliphatic carbocycles. The van der Waals surface area contributed by atoms with E-state index in [1.165, 1.54) is 4.90 Å². The lowest BCUT2D eigenvalue weighted by molar-refractivity contribution is -0.149. The van der Waals surface area contributed by atoms with Crippen molar-refractivity contribution in [3.05, 3.63) is 28.8 Å². The van der Waals surface area contributed by atoms with Gasteiger partial charge in [0.2, 0.25) is 5.91 Å². The Morgan fingerprint density at radius 3 is 2.62 bits per heavy atom. The molecule has 26 heavy (non-hydrogen) atoms. The number of likely N-dealkylation sites (tertiary alicyclic amines) is 1. The molecule has 2 heterocycles. The molecular weight excluding hydrogens is 356 g/mol. The van der Waals surface area contributed by atoms with Gasteiger partial charge in [0, 0.05) is 5.02 Å². The number of hydrogen-bond donors (Lipinski definition) is 0. The second-order valence-electron chi connectivity index (χ2n) is 6.78. The van der Waals surface area contributed by atoms with Crippen LogP contribution in [0.2, 0.25) is 5.02 Å². The summed E-state index contributed by atoms with van der Waals surface area (Å²) in [6.45, 7) is 5.24. The van der Waals surface area contributed by atoms with Crippen molar-refractivity contribution in [2.24, 2.45) is 5.92 Å². The molecule has 2 fully saturated rings. The minimum absolute atomic E-state index is 0.121. The Balaban J connectivity index is 1.70. The summed E-state index contributed by atoms with van der Waals surface area (Å²) in [5, 5.41) is 0.491. The first-order valence-electron chi connectivity index (χ1n) is 8.96. The highest BCUT2D eigenvalue weighted by Crippen LogP contribution is 2.32. The van der Waals surface area contributed by atoms with Crippen molar-refractivity contribution in [1.82, 2.24) is 4.90 Å². The Bertz CT molecular complexity index is 728. The largest absolute Gasteiger partial charge is 0.466 e. The number of amides is 2. The van der Waals surface area contributed by atoms with E-state index < -0.39 is 6.04 Å². The molecule has 2 aliphatic heterocycles. The molecule has 1 aromatic rings. The summed E-state index contributed by atoms with van der Waals surface area (Å²) in [5.74, 6) is -0.713. The summed E-state index contributed by atoms with van der Waals surface area (Å²) in [7, 11) is 0. The van der Waals surface area contributed by atoms with E-state index in [1.54, 1.807) is 25.1 Å². The molecule has 2 saturated heterocycles. The van der Waals surface area contributed by atoms with Gasteiger partial charge in [-0.3, -0.25) is 19.3 Å². The van der Waals surface area contributed by atoms with Crippen LogP contribution in [-0.2, 0) is 19.1 Å². The number of benzene rings is 1. The first-order valence-corrected chi connectivity index (χ1v) is 9.33. The average Bonchev–Trinajstić information content (AvgIpc) is 2.92. The van der Waals surface area contributed by atoms with Gasteiger partial charge in [-0.25, -0.2) is 4.90 Å². The van der Waals surface area contributed by atoms with Crippen LogP contribution in [-0.4, -0.2) is 48.4 Å². The fourth-order valence-corrected chi connectivity index (χ4v) is 3.85. The van der Waals surface area contributed by atoms with Crippen molar-refractivity contribution in [1.29, 1.82) is 0 Å². The van der Waals surface area contributed by atoms with Gasteiger partial charge >= 0.3 is 5.97 Å². The van der Waals surface area contributed by atoms with E-state index in [0.717, 1.165) is 5.56 Å². The zero-order valence-electron chi connectivity index (χ0n) is 15.0. The SMILES string of the molecule is CCOC(=O)C1CCN(C2CC(=O)N(c3cc(Cl)ccc3C)C2=O)CC1. The zero-order valence-corrected chi connectivity index (χ0v) is 15.8. The molecule has 2 aliphatic rings. The Kier molecular flexibility index (Phi) is 5.63. The van der Waals surface area contributed by atoms with E-state index in [9.17, 15) is 14.4 Å². The standard InChI is InChI=1S/C19H23ClN2O4/c1-3-26-19(25)13-6-8-21(9-7-13)16-11-17(23)22(18(16)24)15-10-14(20)5-4-12(15)2/h4-5,10,13,16H,3,6-9,11H2,1-2H3. The number of hydrogen-bond acceptors (Lipinski definition) is 5. The predicted molar refractivity (Wildman–Crippen MR) is 98.0 cm³/mol. The van der Waals surface area contributed by atoms with Crippen LogP contribution in [0.4, 0.5) is 5.69 Å². The lowest BCUT2D eigenvalue weighted by Crippen LogP contribution is -2.47. The van der Waals surface area contributed by atoms with Gasteiger partial charge < -0.3 is 4.74 Å². The van der Waals surface area contributed by atoms with Crippen molar-refractivity contribution in [3.8, 4) is 0 Å². The van der Waals surface area contributed by atoms with Crippen molar-refractivity contribution in [3.63, 3.8) is 0 Å². The average molecular weight is 379 g/mol. The molecule has 2 amide bonds. The summed E-state index contributed by atoms with van der Waals surface area (Å²) < 4.78 is 5.08. The number of imide groups is 1. The molecule has 0 saturated carbocycles. The monoisotopic (exact) mass is 378 g/mol. The normalized spacial score (nSPS) is 22.1. The van der Waals surface area contributed by atoms with Crippen molar-refractivity contribution in [2.75, 3.05) is 24.6 Å². The number of ether oxygens (including phenoxy) is 1. The van der Waals surface area contributed by atoms with Crippen LogP contribution in [0.15, 0.2) is 18.2 Å². The summed E-state index contributed by atoms with van der Waals surface area (Å²) in [6.07, 6.45) is 1.45. The first-order chi connectivity index (χ1) is 12.4. The third-order valence-corrected chi connectivity index (χ3v) is 5.36. The number of nitrogens with zero attached hydrogens (tertiary/aromatic N) is 2. The van der Waals surface area contributed by atoms with Crippen LogP contribution in [0.1, 0.15) is 31.7 Å². The minimum Gasteiger partial charge on any atom is -0.466 e. The molecule has 0 aromatic heterocycles. The fourth-order valence-electron chi connectivity index (χ4n) is 3.68. The third kappa shape index (κ3) is 3.62. The lowest BCUT2D eigenvalue weighted by atomic mass is 9.95. The smallest absolute Gasteiger partial charge is 0.309 e.